The van der Waals surface area contributed by atoms with E-state index in [0.717, 1.165) is 88.1 Å². The van der Waals surface area contributed by atoms with Gasteiger partial charge in [0.2, 0.25) is 5.95 Å². The van der Waals surface area contributed by atoms with Crippen LogP contribution in [-0.4, -0.2) is 24.1 Å². The number of aromatic nitrogens is 5. The molecule has 58 heavy (non-hydrogen) atoms. The summed E-state index contributed by atoms with van der Waals surface area (Å²) in [6, 6.07) is 54.8. The molecule has 0 amide bonds. The molecule has 0 unspecified atom stereocenters. The molecule has 6 nitrogen and oxygen atoms in total. The maximum Gasteiger partial charge on any atom is 0.238 e. The Hall–Kier alpha value is -7.83. The second-order valence-corrected chi connectivity index (χ2v) is 14.4. The average molecular weight is 746 g/mol. The monoisotopic (exact) mass is 745 g/mol. The average Bonchev–Trinajstić information content (AvgIpc) is 3.93. The van der Waals surface area contributed by atoms with Crippen molar-refractivity contribution in [2.24, 2.45) is 0 Å². The molecule has 0 saturated heterocycles. The van der Waals surface area contributed by atoms with Crippen LogP contribution in [0.2, 0.25) is 0 Å². The van der Waals surface area contributed by atoms with Crippen LogP contribution in [0.1, 0.15) is 6.92 Å². The van der Waals surface area contributed by atoms with Crippen LogP contribution in [0.25, 0.3) is 111 Å². The van der Waals surface area contributed by atoms with Gasteiger partial charge in [-0.05, 0) is 66.6 Å². The van der Waals surface area contributed by atoms with Crippen molar-refractivity contribution in [2.45, 2.75) is 6.92 Å². The first-order valence-electron chi connectivity index (χ1n) is 19.4. The van der Waals surface area contributed by atoms with Crippen molar-refractivity contribution < 1.29 is 4.42 Å². The van der Waals surface area contributed by atoms with Gasteiger partial charge in [-0.1, -0.05) is 134 Å². The quantitative estimate of drug-likeness (QED) is 0.152. The molecule has 0 aliphatic rings. The summed E-state index contributed by atoms with van der Waals surface area (Å²) in [6.07, 6.45) is 8.05. The Balaban J connectivity index is 1.11. The summed E-state index contributed by atoms with van der Waals surface area (Å²) in [5, 5.41) is 6.69. The highest BCUT2D eigenvalue weighted by Crippen LogP contribution is 2.40. The van der Waals surface area contributed by atoms with E-state index in [2.05, 4.69) is 173 Å². The van der Waals surface area contributed by atoms with Gasteiger partial charge in [0, 0.05) is 55.2 Å². The minimum atomic E-state index is 0.549. The summed E-state index contributed by atoms with van der Waals surface area (Å²) in [5.41, 5.74) is 10.8. The number of rotatable bonds is 7. The molecule has 0 N–H and O–H groups in total. The molecule has 0 aliphatic heterocycles. The largest absolute Gasteiger partial charge is 0.456 e. The van der Waals surface area contributed by atoms with Crippen molar-refractivity contribution in [1.82, 2.24) is 24.1 Å². The molecule has 7 aromatic carbocycles. The van der Waals surface area contributed by atoms with Crippen molar-refractivity contribution in [3.63, 3.8) is 0 Å². The standard InChI is InChI=1S/C52H35N5O/c1-3-5-17-37(4-2)56-44-21-12-11-20-40(44)42-31-43-41-29-28-36(30-48(41)58-49(43)32-47(42)56)51-53-50(35-26-24-34(25-27-35)33-15-7-6-8-16-33)54-52(55-51)57-45-22-13-9-18-38(45)39-19-10-14-23-46(39)57/h3-32H,2H2,1H3/b5-3-,37-17+. The fraction of sp³-hybridized carbons (Fsp3) is 0.0192. The van der Waals surface area contributed by atoms with E-state index in [9.17, 15) is 0 Å². The van der Waals surface area contributed by atoms with Gasteiger partial charge in [0.15, 0.2) is 11.6 Å². The van der Waals surface area contributed by atoms with Crippen molar-refractivity contribution in [1.29, 1.82) is 0 Å². The van der Waals surface area contributed by atoms with Crippen LogP contribution in [0.15, 0.2) is 193 Å². The minimum absolute atomic E-state index is 0.549. The summed E-state index contributed by atoms with van der Waals surface area (Å²) in [4.78, 5) is 15.5. The van der Waals surface area contributed by atoms with Crippen molar-refractivity contribution in [3.8, 4) is 39.9 Å². The number of furan rings is 1. The van der Waals surface area contributed by atoms with Gasteiger partial charge in [-0.25, -0.2) is 4.98 Å². The number of hydrogen-bond acceptors (Lipinski definition) is 4. The van der Waals surface area contributed by atoms with Gasteiger partial charge in [0.05, 0.1) is 22.1 Å². The zero-order valence-electron chi connectivity index (χ0n) is 31.7. The first kappa shape index (κ1) is 33.5. The number of hydrogen-bond donors (Lipinski definition) is 0. The molecule has 11 aromatic rings. The summed E-state index contributed by atoms with van der Waals surface area (Å²) >= 11 is 0. The van der Waals surface area contributed by atoms with E-state index < -0.39 is 0 Å². The van der Waals surface area contributed by atoms with E-state index in [4.69, 9.17) is 19.4 Å². The van der Waals surface area contributed by atoms with Crippen LogP contribution >= 0.6 is 0 Å². The predicted molar refractivity (Wildman–Crippen MR) is 240 cm³/mol. The predicted octanol–water partition coefficient (Wildman–Crippen LogP) is 13.6. The molecule has 0 atom stereocenters. The lowest BCUT2D eigenvalue weighted by molar-refractivity contribution is 0.669. The Kier molecular flexibility index (Phi) is 7.76. The van der Waals surface area contributed by atoms with Crippen LogP contribution in [-0.2, 0) is 0 Å². The molecule has 0 spiro atoms. The molecule has 6 heteroatoms. The zero-order chi connectivity index (χ0) is 38.7. The molecule has 4 aromatic heterocycles. The van der Waals surface area contributed by atoms with Crippen LogP contribution in [0.3, 0.4) is 0 Å². The second-order valence-electron chi connectivity index (χ2n) is 14.4. The van der Waals surface area contributed by atoms with Gasteiger partial charge in [0.25, 0.3) is 0 Å². The van der Waals surface area contributed by atoms with Gasteiger partial charge < -0.3 is 8.98 Å². The summed E-state index contributed by atoms with van der Waals surface area (Å²) < 4.78 is 11.1. The fourth-order valence-corrected chi connectivity index (χ4v) is 8.39. The first-order chi connectivity index (χ1) is 28.7. The number of fused-ring (bicyclic) bond motifs is 9. The fourth-order valence-electron chi connectivity index (χ4n) is 8.39. The van der Waals surface area contributed by atoms with E-state index in [1.54, 1.807) is 0 Å². The SMILES string of the molecule is C=C/C(=C\C=C/C)n1c2ccccc2c2cc3c(cc21)oc1cc(-c2nc(-c4ccc(-c5ccccc5)cc4)nc(-n4c5ccccc5c5ccccc54)n2)ccc13. The molecule has 0 radical (unpaired) electrons. The smallest absolute Gasteiger partial charge is 0.238 e. The lowest BCUT2D eigenvalue weighted by atomic mass is 10.0. The van der Waals surface area contributed by atoms with Crippen molar-refractivity contribution in [2.75, 3.05) is 0 Å². The third-order valence-corrected chi connectivity index (χ3v) is 11.1. The number of para-hydroxylation sites is 3. The van der Waals surface area contributed by atoms with Gasteiger partial charge in [-0.3, -0.25) is 4.57 Å². The third-order valence-electron chi connectivity index (χ3n) is 11.1. The molecule has 0 fully saturated rings. The Morgan fingerprint density at radius 2 is 1.07 bits per heavy atom. The number of nitrogens with zero attached hydrogens (tertiary/aromatic N) is 5. The Morgan fingerprint density at radius 1 is 0.500 bits per heavy atom. The maximum atomic E-state index is 6.71. The van der Waals surface area contributed by atoms with E-state index in [1.807, 2.05) is 31.2 Å². The lowest BCUT2D eigenvalue weighted by Gasteiger charge is -2.11. The van der Waals surface area contributed by atoms with Crippen LogP contribution < -0.4 is 0 Å². The first-order valence-corrected chi connectivity index (χ1v) is 19.4. The Bertz CT molecular complexity index is 3420. The van der Waals surface area contributed by atoms with Crippen molar-refractivity contribution in [3.05, 3.63) is 189 Å². The van der Waals surface area contributed by atoms with Crippen LogP contribution in [0.4, 0.5) is 0 Å². The second kappa shape index (κ2) is 13.4. The Labute approximate surface area is 334 Å². The lowest BCUT2D eigenvalue weighted by Crippen LogP contribution is -2.06. The molecule has 4 heterocycles. The summed E-state index contributed by atoms with van der Waals surface area (Å²) in [5.74, 6) is 1.70. The van der Waals surface area contributed by atoms with E-state index in [0.29, 0.717) is 17.6 Å². The molecule has 274 valence electrons. The molecule has 0 saturated carbocycles. The minimum Gasteiger partial charge on any atom is -0.456 e. The molecular formula is C52H35N5O. The normalized spacial score (nSPS) is 12.3. The summed E-state index contributed by atoms with van der Waals surface area (Å²) in [6.45, 7) is 6.16. The highest BCUT2D eigenvalue weighted by molar-refractivity contribution is 6.18. The van der Waals surface area contributed by atoms with Crippen LogP contribution in [0.5, 0.6) is 0 Å². The zero-order valence-corrected chi connectivity index (χ0v) is 31.7. The highest BCUT2D eigenvalue weighted by Gasteiger charge is 2.20. The van der Waals surface area contributed by atoms with Gasteiger partial charge in [0.1, 0.15) is 11.2 Å². The number of benzene rings is 7. The Morgan fingerprint density at radius 3 is 1.76 bits per heavy atom. The topological polar surface area (TPSA) is 61.7 Å². The van der Waals surface area contributed by atoms with E-state index >= 15 is 0 Å². The van der Waals surface area contributed by atoms with Crippen LogP contribution in [0, 0.1) is 0 Å². The highest BCUT2D eigenvalue weighted by atomic mass is 16.3. The van der Waals surface area contributed by atoms with E-state index in [-0.39, 0.29) is 0 Å². The van der Waals surface area contributed by atoms with Gasteiger partial charge in [-0.15, -0.1) is 0 Å². The molecule has 0 aliphatic carbocycles. The third kappa shape index (κ3) is 5.30. The molecule has 0 bridgehead atoms. The molecular weight excluding hydrogens is 711 g/mol. The maximum absolute atomic E-state index is 6.71. The van der Waals surface area contributed by atoms with Gasteiger partial charge >= 0.3 is 0 Å². The van der Waals surface area contributed by atoms with E-state index in [1.165, 1.54) is 5.39 Å². The number of allylic oxidation sites excluding steroid dienone is 5. The van der Waals surface area contributed by atoms with Gasteiger partial charge in [-0.2, -0.15) is 9.97 Å². The van der Waals surface area contributed by atoms with Crippen molar-refractivity contribution >= 4 is 71.2 Å². The molecule has 11 rings (SSSR count). The summed E-state index contributed by atoms with van der Waals surface area (Å²) in [7, 11) is 0.